The Balaban J connectivity index is 1.46. The fourth-order valence-electron chi connectivity index (χ4n) is 3.94. The predicted molar refractivity (Wildman–Crippen MR) is 123 cm³/mol. The van der Waals surface area contributed by atoms with Crippen LogP contribution >= 0.6 is 0 Å². The highest BCUT2D eigenvalue weighted by Crippen LogP contribution is 2.17. The third-order valence-electron chi connectivity index (χ3n) is 5.63. The molecule has 168 valence electrons. The van der Waals surface area contributed by atoms with Gasteiger partial charge in [-0.3, -0.25) is 14.2 Å². The van der Waals surface area contributed by atoms with E-state index < -0.39 is 23.7 Å². The first-order chi connectivity index (χ1) is 16.1. The van der Waals surface area contributed by atoms with Gasteiger partial charge in [0.2, 0.25) is 5.91 Å². The van der Waals surface area contributed by atoms with Crippen LogP contribution in [-0.4, -0.2) is 15.0 Å². The Kier molecular flexibility index (Phi) is 6.69. The molecule has 0 saturated carbocycles. The summed E-state index contributed by atoms with van der Waals surface area (Å²) in [6.45, 7) is 0.410. The van der Waals surface area contributed by atoms with Gasteiger partial charge >= 0.3 is 5.69 Å². The van der Waals surface area contributed by atoms with Crippen LogP contribution in [0.25, 0.3) is 0 Å². The molecule has 0 atom stereocenters. The average molecular weight is 444 g/mol. The molecule has 1 aromatic heterocycles. The van der Waals surface area contributed by atoms with Gasteiger partial charge in [-0.15, -0.1) is 0 Å². The van der Waals surface area contributed by atoms with Gasteiger partial charge in [-0.1, -0.05) is 36.8 Å². The summed E-state index contributed by atoms with van der Waals surface area (Å²) in [6.07, 6.45) is 3.05. The summed E-state index contributed by atoms with van der Waals surface area (Å²) in [4.78, 5) is 38.2. The Morgan fingerprint density at radius 3 is 2.52 bits per heavy atom. The monoisotopic (exact) mass is 444 g/mol. The van der Waals surface area contributed by atoms with E-state index in [0.717, 1.165) is 29.4 Å². The van der Waals surface area contributed by atoms with Gasteiger partial charge in [0.1, 0.15) is 30.5 Å². The molecule has 33 heavy (non-hydrogen) atoms. The van der Waals surface area contributed by atoms with Crippen LogP contribution in [0.1, 0.15) is 36.1 Å². The summed E-state index contributed by atoms with van der Waals surface area (Å²) in [7, 11) is 0. The lowest BCUT2D eigenvalue weighted by atomic mass is 10.1. The summed E-state index contributed by atoms with van der Waals surface area (Å²) < 4.78 is 8.05. The molecule has 1 aliphatic heterocycles. The van der Waals surface area contributed by atoms with E-state index >= 15 is 0 Å². The number of nitriles is 1. The Morgan fingerprint density at radius 2 is 1.79 bits per heavy atom. The Morgan fingerprint density at radius 1 is 1.03 bits per heavy atom. The van der Waals surface area contributed by atoms with Gasteiger partial charge in [0, 0.05) is 17.9 Å². The molecule has 3 aromatic rings. The third kappa shape index (κ3) is 5.04. The van der Waals surface area contributed by atoms with Crippen molar-refractivity contribution >= 4 is 11.6 Å². The zero-order valence-corrected chi connectivity index (χ0v) is 18.1. The molecule has 0 spiro atoms. The van der Waals surface area contributed by atoms with Crippen LogP contribution in [0.3, 0.4) is 0 Å². The van der Waals surface area contributed by atoms with Crippen LogP contribution in [0.2, 0.25) is 0 Å². The molecule has 0 saturated heterocycles. The first kappa shape index (κ1) is 22.1. The van der Waals surface area contributed by atoms with Crippen molar-refractivity contribution in [3.8, 4) is 11.8 Å². The molecule has 1 aliphatic rings. The topological polar surface area (TPSA) is 106 Å². The van der Waals surface area contributed by atoms with Crippen molar-refractivity contribution in [3.63, 3.8) is 0 Å². The summed E-state index contributed by atoms with van der Waals surface area (Å²) >= 11 is 0. The number of hydrogen-bond donors (Lipinski definition) is 1. The second-order valence-electron chi connectivity index (χ2n) is 7.92. The van der Waals surface area contributed by atoms with Crippen molar-refractivity contribution in [1.29, 1.82) is 5.26 Å². The van der Waals surface area contributed by atoms with Crippen LogP contribution in [0.5, 0.6) is 5.75 Å². The van der Waals surface area contributed by atoms with Crippen molar-refractivity contribution in [2.24, 2.45) is 0 Å². The zero-order chi connectivity index (χ0) is 23.2. The fourth-order valence-corrected chi connectivity index (χ4v) is 3.94. The Bertz CT molecular complexity index is 1300. The highest BCUT2D eigenvalue weighted by atomic mass is 16.5. The molecule has 0 bridgehead atoms. The standard InChI is InChI=1S/C25H24N4O4/c26-15-21-22-9-5-2-6-14-28(22)25(32)29(24(21)31)16-23(30)27-19-10-12-20(13-11-19)33-17-18-7-3-1-4-8-18/h1,3-4,7-8,10-13H,2,5-6,9,14,16-17H2,(H,27,30). The van der Waals surface area contributed by atoms with Crippen molar-refractivity contribution in [1.82, 2.24) is 9.13 Å². The number of fused-ring (bicyclic) bond motifs is 1. The number of nitrogens with one attached hydrogen (secondary N) is 1. The molecular formula is C25H24N4O4. The van der Waals surface area contributed by atoms with Gasteiger partial charge in [0.25, 0.3) is 5.56 Å². The number of nitrogens with zero attached hydrogens (tertiary/aromatic N) is 3. The van der Waals surface area contributed by atoms with Gasteiger partial charge in [-0.2, -0.15) is 5.26 Å². The summed E-state index contributed by atoms with van der Waals surface area (Å²) in [5, 5.41) is 12.2. The van der Waals surface area contributed by atoms with Gasteiger partial charge in [-0.05, 0) is 49.1 Å². The quantitative estimate of drug-likeness (QED) is 0.629. The third-order valence-corrected chi connectivity index (χ3v) is 5.63. The van der Waals surface area contributed by atoms with Gasteiger partial charge in [0.15, 0.2) is 0 Å². The Labute approximate surface area is 190 Å². The van der Waals surface area contributed by atoms with Crippen LogP contribution in [0.15, 0.2) is 64.2 Å². The van der Waals surface area contributed by atoms with Crippen molar-refractivity contribution in [2.45, 2.75) is 45.4 Å². The molecule has 4 rings (SSSR count). The zero-order valence-electron chi connectivity index (χ0n) is 18.1. The molecule has 0 radical (unpaired) electrons. The summed E-state index contributed by atoms with van der Waals surface area (Å²) in [5.41, 5.74) is 0.725. The maximum Gasteiger partial charge on any atom is 0.331 e. The number of anilines is 1. The highest BCUT2D eigenvalue weighted by molar-refractivity contribution is 5.90. The second-order valence-corrected chi connectivity index (χ2v) is 7.92. The van der Waals surface area contributed by atoms with E-state index in [-0.39, 0.29) is 5.56 Å². The molecule has 8 heteroatoms. The van der Waals surface area contributed by atoms with E-state index in [0.29, 0.717) is 36.7 Å². The molecule has 2 heterocycles. The van der Waals surface area contributed by atoms with E-state index in [1.807, 2.05) is 36.4 Å². The van der Waals surface area contributed by atoms with Crippen molar-refractivity contribution in [3.05, 3.63) is 92.3 Å². The fraction of sp³-hybridized carbons (Fsp3) is 0.280. The molecule has 0 aliphatic carbocycles. The first-order valence-electron chi connectivity index (χ1n) is 10.9. The SMILES string of the molecule is N#Cc1c2n(c(=O)n(CC(=O)Nc3ccc(OCc4ccccc4)cc3)c1=O)CCCCC2. The predicted octanol–water partition coefficient (Wildman–Crippen LogP) is 2.83. The van der Waals surface area contributed by atoms with E-state index in [9.17, 15) is 19.6 Å². The number of benzene rings is 2. The van der Waals surface area contributed by atoms with Crippen LogP contribution in [0.4, 0.5) is 5.69 Å². The molecule has 1 N–H and O–H groups in total. The van der Waals surface area contributed by atoms with Crippen LogP contribution in [0, 0.1) is 11.3 Å². The number of carbonyl (C=O) groups excluding carboxylic acids is 1. The normalized spacial score (nSPS) is 12.8. The number of rotatable bonds is 6. The van der Waals surface area contributed by atoms with E-state index in [1.54, 1.807) is 24.3 Å². The van der Waals surface area contributed by atoms with E-state index in [1.165, 1.54) is 4.57 Å². The molecule has 0 unspecified atom stereocenters. The lowest BCUT2D eigenvalue weighted by Gasteiger charge is -2.14. The average Bonchev–Trinajstić information content (AvgIpc) is 3.09. The maximum absolute atomic E-state index is 12.9. The lowest BCUT2D eigenvalue weighted by molar-refractivity contribution is -0.116. The minimum Gasteiger partial charge on any atom is -0.489 e. The Hall–Kier alpha value is -4.12. The lowest BCUT2D eigenvalue weighted by Crippen LogP contribution is -2.45. The minimum absolute atomic E-state index is 0.0517. The summed E-state index contributed by atoms with van der Waals surface area (Å²) in [5.74, 6) is 0.126. The molecule has 8 nitrogen and oxygen atoms in total. The molecule has 1 amide bonds. The first-order valence-corrected chi connectivity index (χ1v) is 10.9. The molecule has 2 aromatic carbocycles. The molecular weight excluding hydrogens is 420 g/mol. The summed E-state index contributed by atoms with van der Waals surface area (Å²) in [6, 6.07) is 18.5. The number of hydrogen-bond acceptors (Lipinski definition) is 5. The highest BCUT2D eigenvalue weighted by Gasteiger charge is 2.21. The number of amides is 1. The number of ether oxygens (including phenoxy) is 1. The van der Waals surface area contributed by atoms with Gasteiger partial charge in [-0.25, -0.2) is 9.36 Å². The van der Waals surface area contributed by atoms with Gasteiger partial charge in [0.05, 0.1) is 0 Å². The largest absolute Gasteiger partial charge is 0.489 e. The van der Waals surface area contributed by atoms with Crippen LogP contribution < -0.4 is 21.3 Å². The minimum atomic E-state index is -0.713. The maximum atomic E-state index is 12.9. The van der Waals surface area contributed by atoms with Gasteiger partial charge < -0.3 is 10.1 Å². The smallest absolute Gasteiger partial charge is 0.331 e. The van der Waals surface area contributed by atoms with E-state index in [2.05, 4.69) is 5.32 Å². The van der Waals surface area contributed by atoms with Crippen molar-refractivity contribution in [2.75, 3.05) is 5.32 Å². The number of carbonyl (C=O) groups is 1. The van der Waals surface area contributed by atoms with E-state index in [4.69, 9.17) is 4.74 Å². The van der Waals surface area contributed by atoms with Crippen LogP contribution in [-0.2, 0) is 30.9 Å². The molecule has 0 fully saturated rings. The second kappa shape index (κ2) is 10.0. The number of aromatic nitrogens is 2. The van der Waals surface area contributed by atoms with Crippen molar-refractivity contribution < 1.29 is 9.53 Å².